The number of aryl methyl sites for hydroxylation is 4. The number of benzene rings is 4. The normalized spacial score (nSPS) is 10.4. The molecule has 2 radical (unpaired) electrons. The van der Waals surface area contributed by atoms with Gasteiger partial charge in [-0.3, -0.25) is 9.80 Å². The van der Waals surface area contributed by atoms with Gasteiger partial charge < -0.3 is 41.6 Å². The minimum absolute atomic E-state index is 0. The van der Waals surface area contributed by atoms with Gasteiger partial charge in [-0.1, -0.05) is 22.3 Å². The number of hydrogen-bond donors (Lipinski definition) is 0. The second-order valence-corrected chi connectivity index (χ2v) is 11.7. The molecular weight excluding hydrogens is 766 g/mol. The third-order valence-electron chi connectivity index (χ3n) is 7.66. The number of hydrogen-bond acceptors (Lipinski definition) is 8. The number of rotatable bonds is 12. The Hall–Kier alpha value is -3.27. The molecule has 10 nitrogen and oxygen atoms in total. The van der Waals surface area contributed by atoms with Crippen molar-refractivity contribution in [3.05, 3.63) is 116 Å². The van der Waals surface area contributed by atoms with Gasteiger partial charge in [-0.15, -0.1) is 36.2 Å². The van der Waals surface area contributed by atoms with Crippen molar-refractivity contribution < 1.29 is 96.3 Å². The average Bonchev–Trinajstić information content (AvgIpc) is 2.99. The molecule has 4 aromatic rings. The Morgan fingerprint density at radius 3 is 0.788 bits per heavy atom. The Bertz CT molecular complexity index is 1490. The maximum absolute atomic E-state index is 13.5. The van der Waals surface area contributed by atoms with Crippen LogP contribution in [-0.4, -0.2) is 36.1 Å². The molecule has 0 unspecified atom stereocenters. The first kappa shape index (κ1) is 50.8. The van der Waals surface area contributed by atoms with E-state index < -0.39 is 36.5 Å². The molecule has 0 aromatic heterocycles. The molecule has 286 valence electrons. The van der Waals surface area contributed by atoms with Gasteiger partial charge in [0, 0.05) is 63.3 Å². The predicted molar refractivity (Wildman–Crippen MR) is 162 cm³/mol. The fourth-order valence-electron chi connectivity index (χ4n) is 5.32. The summed E-state index contributed by atoms with van der Waals surface area (Å²) in [5.74, 6) is -3.33. The van der Waals surface area contributed by atoms with E-state index in [0.29, 0.717) is 0 Å². The van der Waals surface area contributed by atoms with Gasteiger partial charge in [0.2, 0.25) is 0 Å². The molecule has 0 aliphatic rings. The number of nitrogens with zero attached hydrogens (tertiary/aromatic N) is 2. The van der Waals surface area contributed by atoms with E-state index in [1.165, 1.54) is 27.7 Å². The summed E-state index contributed by atoms with van der Waals surface area (Å²) in [6.07, 6.45) is 0. The number of halogens is 4. The van der Waals surface area contributed by atoms with Crippen LogP contribution in [0.5, 0.6) is 23.0 Å². The molecule has 16 heteroatoms. The third-order valence-corrected chi connectivity index (χ3v) is 7.66. The summed E-state index contributed by atoms with van der Waals surface area (Å²) in [5.41, 5.74) is 1.94. The Morgan fingerprint density at radius 2 is 0.615 bits per heavy atom. The van der Waals surface area contributed by atoms with Crippen LogP contribution in [0, 0.1) is 51.0 Å². The van der Waals surface area contributed by atoms with Crippen LogP contribution >= 0.6 is 0 Å². The smallest absolute Gasteiger partial charge is 0.123 e. The Balaban J connectivity index is 0. The summed E-state index contributed by atoms with van der Waals surface area (Å²) < 4.78 is 54.1. The van der Waals surface area contributed by atoms with Crippen molar-refractivity contribution in [3.63, 3.8) is 0 Å². The van der Waals surface area contributed by atoms with Crippen molar-refractivity contribution in [3.8, 4) is 23.0 Å². The van der Waals surface area contributed by atoms with Crippen LogP contribution in [0.1, 0.15) is 44.5 Å². The molecule has 0 bridgehead atoms. The summed E-state index contributed by atoms with van der Waals surface area (Å²) in [5, 5.41) is 70.4. The summed E-state index contributed by atoms with van der Waals surface area (Å²) in [4.78, 5) is 3.11. The van der Waals surface area contributed by atoms with Crippen molar-refractivity contribution in [1.29, 1.82) is 0 Å². The predicted octanol–water partition coefficient (Wildman–Crippen LogP) is 1.94. The molecule has 52 heavy (non-hydrogen) atoms. The maximum atomic E-state index is 13.5. The van der Waals surface area contributed by atoms with Crippen LogP contribution in [0.3, 0.4) is 0 Å². The molecule has 0 N–H and O–H groups in total. The molecule has 0 heterocycles. The molecule has 0 aliphatic carbocycles. The van der Waals surface area contributed by atoms with Crippen LogP contribution in [0.25, 0.3) is 0 Å². The van der Waals surface area contributed by atoms with Crippen LogP contribution in [-0.2, 0) is 74.2 Å². The van der Waals surface area contributed by atoms with Gasteiger partial charge in [0.15, 0.2) is 0 Å². The zero-order valence-electron chi connectivity index (χ0n) is 28.8. The van der Waals surface area contributed by atoms with Gasteiger partial charge >= 0.3 is 0 Å². The molecule has 0 amide bonds. The van der Waals surface area contributed by atoms with E-state index in [0.717, 1.165) is 48.5 Å². The first-order chi connectivity index (χ1) is 22.6. The molecular formula is C36H36F4N2O8V2-10. The largest absolute Gasteiger partial charge is 2.00 e. The fourth-order valence-corrected chi connectivity index (χ4v) is 5.32. The monoisotopic (exact) mass is 802 g/mol. The standard InChI is InChI=1S/2C18H20F2NO3.2O.2V/c2*1-11-5-15(19)7-13(17(11)23)9-21(3-4-22)10-14-8-16(20)6-12(2)18(14)24;;;;/h2*5-8,23-24H,3-4,9-10H2,1-2H3;;;;/q2*-1;2*-2;;/p-4. The molecule has 0 atom stereocenters. The van der Waals surface area contributed by atoms with E-state index in [4.69, 9.17) is 0 Å². The zero-order chi connectivity index (χ0) is 35.7. The summed E-state index contributed by atoms with van der Waals surface area (Å²) in [6.45, 7) is 5.35. The molecule has 4 rings (SSSR count). The first-order valence-electron chi connectivity index (χ1n) is 15.1. The minimum Gasteiger partial charge on any atom is -2.00 e. The van der Waals surface area contributed by atoms with Crippen LogP contribution in [0.2, 0.25) is 0 Å². The average molecular weight is 803 g/mol. The maximum Gasteiger partial charge on any atom is 0.123 e. The first-order valence-corrected chi connectivity index (χ1v) is 15.1. The molecule has 0 saturated carbocycles. The van der Waals surface area contributed by atoms with Gasteiger partial charge in [-0.25, -0.2) is 17.6 Å². The summed E-state index contributed by atoms with van der Waals surface area (Å²) in [6, 6.07) is 9.10. The van der Waals surface area contributed by atoms with E-state index in [2.05, 4.69) is 0 Å². The van der Waals surface area contributed by atoms with Crippen molar-refractivity contribution in [2.45, 2.75) is 53.9 Å². The molecule has 4 aromatic carbocycles. The van der Waals surface area contributed by atoms with Crippen LogP contribution in [0.15, 0.2) is 48.5 Å². The van der Waals surface area contributed by atoms with E-state index in [1.54, 1.807) is 9.80 Å². The van der Waals surface area contributed by atoms with Gasteiger partial charge in [0.1, 0.15) is 23.3 Å². The van der Waals surface area contributed by atoms with Crippen molar-refractivity contribution in [2.75, 3.05) is 26.3 Å². The van der Waals surface area contributed by atoms with Crippen molar-refractivity contribution >= 4 is 0 Å². The summed E-state index contributed by atoms with van der Waals surface area (Å²) in [7, 11) is 0. The molecule has 0 spiro atoms. The Labute approximate surface area is 324 Å². The van der Waals surface area contributed by atoms with Crippen molar-refractivity contribution in [1.82, 2.24) is 9.80 Å². The van der Waals surface area contributed by atoms with Crippen LogP contribution < -0.4 is 30.6 Å². The third kappa shape index (κ3) is 14.3. The quantitative estimate of drug-likeness (QED) is 0.193. The Morgan fingerprint density at radius 1 is 0.423 bits per heavy atom. The van der Waals surface area contributed by atoms with E-state index in [9.17, 15) is 48.2 Å². The SMILES string of the molecule is Cc1cc(F)cc(CN(CC[O-])Cc2cc(F)cc(C)c2[O-])c1[O-].Cc1cc(F)cc(CN(CC[O-])Cc2cc(F)cc(C)c2[O-])c1[O-].[O-2].[O-2].[V].[V]. The van der Waals surface area contributed by atoms with Crippen molar-refractivity contribution in [2.24, 2.45) is 0 Å². The van der Waals surface area contributed by atoms with Gasteiger partial charge in [-0.05, 0) is 112 Å². The molecule has 0 fully saturated rings. The molecule has 0 saturated heterocycles. The van der Waals surface area contributed by atoms with E-state index in [1.807, 2.05) is 0 Å². The minimum atomic E-state index is -0.532. The second kappa shape index (κ2) is 23.4. The zero-order valence-corrected chi connectivity index (χ0v) is 31.6. The molecule has 0 aliphatic heterocycles. The van der Waals surface area contributed by atoms with E-state index in [-0.39, 0.29) is 155 Å². The topological polar surface area (TPSA) is 202 Å². The fraction of sp³-hybridized carbons (Fsp3) is 0.333. The Kier molecular flexibility index (Phi) is 22.9. The van der Waals surface area contributed by atoms with Gasteiger partial charge in [0.05, 0.1) is 0 Å². The second-order valence-electron chi connectivity index (χ2n) is 11.7. The summed E-state index contributed by atoms with van der Waals surface area (Å²) >= 11 is 0. The van der Waals surface area contributed by atoms with Crippen LogP contribution in [0.4, 0.5) is 17.6 Å². The van der Waals surface area contributed by atoms with Gasteiger partial charge in [0.25, 0.3) is 0 Å². The van der Waals surface area contributed by atoms with Gasteiger partial charge in [-0.2, -0.15) is 0 Å². The van der Waals surface area contributed by atoms with E-state index >= 15 is 0 Å².